The van der Waals surface area contributed by atoms with E-state index in [0.29, 0.717) is 32.6 Å². The Bertz CT molecular complexity index is 1370. The standard InChI is InChI=1S/C21H16Cl2N4O2/c1-26-19-16(20(28)27(2)21(26)29)15(11-3-7-13(22)8-4-11)17(24)18(25-19)12-5-9-14(23)10-6-12/h3-10H,24H2,1-2H3. The van der Waals surface area contributed by atoms with Crippen LogP contribution in [0.3, 0.4) is 0 Å². The highest BCUT2D eigenvalue weighted by molar-refractivity contribution is 6.31. The van der Waals surface area contributed by atoms with E-state index in [0.717, 1.165) is 10.1 Å². The van der Waals surface area contributed by atoms with Gasteiger partial charge in [0.1, 0.15) is 0 Å². The number of anilines is 1. The Kier molecular flexibility index (Phi) is 4.68. The molecule has 2 N–H and O–H groups in total. The number of halogens is 2. The van der Waals surface area contributed by atoms with E-state index in [4.69, 9.17) is 28.9 Å². The Morgan fingerprint density at radius 1 is 0.828 bits per heavy atom. The maximum absolute atomic E-state index is 13.0. The van der Waals surface area contributed by atoms with Crippen molar-refractivity contribution in [2.24, 2.45) is 14.1 Å². The van der Waals surface area contributed by atoms with Gasteiger partial charge in [-0.1, -0.05) is 47.5 Å². The molecule has 0 bridgehead atoms. The Hall–Kier alpha value is -3.09. The molecule has 0 saturated carbocycles. The molecule has 6 nitrogen and oxygen atoms in total. The molecule has 0 aliphatic heterocycles. The summed E-state index contributed by atoms with van der Waals surface area (Å²) in [6, 6.07) is 14.0. The van der Waals surface area contributed by atoms with Gasteiger partial charge in [0.05, 0.1) is 16.8 Å². The lowest BCUT2D eigenvalue weighted by Gasteiger charge is -2.16. The van der Waals surface area contributed by atoms with Crippen LogP contribution in [-0.2, 0) is 14.1 Å². The summed E-state index contributed by atoms with van der Waals surface area (Å²) in [5, 5.41) is 1.41. The highest BCUT2D eigenvalue weighted by Gasteiger charge is 2.21. The highest BCUT2D eigenvalue weighted by atomic mass is 35.5. The number of fused-ring (bicyclic) bond motifs is 1. The van der Waals surface area contributed by atoms with E-state index in [9.17, 15) is 9.59 Å². The van der Waals surface area contributed by atoms with Crippen LogP contribution in [0.2, 0.25) is 10.0 Å². The van der Waals surface area contributed by atoms with Crippen molar-refractivity contribution in [1.29, 1.82) is 0 Å². The molecular weight excluding hydrogens is 411 g/mol. The first-order chi connectivity index (χ1) is 13.8. The van der Waals surface area contributed by atoms with Crippen LogP contribution in [0.15, 0.2) is 58.1 Å². The fourth-order valence-electron chi connectivity index (χ4n) is 3.35. The zero-order chi connectivity index (χ0) is 20.9. The average Bonchev–Trinajstić information content (AvgIpc) is 2.72. The van der Waals surface area contributed by atoms with Gasteiger partial charge in [-0.25, -0.2) is 9.78 Å². The summed E-state index contributed by atoms with van der Waals surface area (Å²) < 4.78 is 2.39. The van der Waals surface area contributed by atoms with Crippen molar-refractivity contribution < 1.29 is 0 Å². The second-order valence-corrected chi connectivity index (χ2v) is 7.54. The molecule has 29 heavy (non-hydrogen) atoms. The van der Waals surface area contributed by atoms with Crippen molar-refractivity contribution in [3.05, 3.63) is 79.4 Å². The van der Waals surface area contributed by atoms with Gasteiger partial charge in [-0.05, 0) is 29.8 Å². The summed E-state index contributed by atoms with van der Waals surface area (Å²) in [4.78, 5) is 30.1. The van der Waals surface area contributed by atoms with Gasteiger partial charge in [0.2, 0.25) is 0 Å². The number of nitrogen functional groups attached to an aromatic ring is 1. The first-order valence-electron chi connectivity index (χ1n) is 8.70. The number of rotatable bonds is 2. The lowest BCUT2D eigenvalue weighted by Crippen LogP contribution is -2.37. The number of aromatic nitrogens is 3. The Balaban J connectivity index is 2.22. The molecule has 0 atom stereocenters. The number of nitrogens with zero attached hydrogens (tertiary/aromatic N) is 3. The SMILES string of the molecule is Cn1c(=O)c2c(-c3ccc(Cl)cc3)c(N)c(-c3ccc(Cl)cc3)nc2n(C)c1=O. The van der Waals surface area contributed by atoms with E-state index in [1.165, 1.54) is 11.6 Å². The fourth-order valence-corrected chi connectivity index (χ4v) is 3.60. The summed E-state index contributed by atoms with van der Waals surface area (Å²) in [6.45, 7) is 0. The predicted molar refractivity (Wildman–Crippen MR) is 118 cm³/mol. The normalized spacial score (nSPS) is 11.2. The van der Waals surface area contributed by atoms with Crippen molar-refractivity contribution in [2.45, 2.75) is 0 Å². The van der Waals surface area contributed by atoms with Crippen LogP contribution in [0, 0.1) is 0 Å². The number of hydrogen-bond donors (Lipinski definition) is 1. The molecule has 0 aliphatic rings. The van der Waals surface area contributed by atoms with Crippen molar-refractivity contribution in [2.75, 3.05) is 5.73 Å². The lowest BCUT2D eigenvalue weighted by molar-refractivity contribution is 0.708. The molecule has 2 aromatic heterocycles. The molecule has 0 saturated heterocycles. The molecule has 0 fully saturated rings. The zero-order valence-corrected chi connectivity index (χ0v) is 17.1. The molecule has 4 rings (SSSR count). The topological polar surface area (TPSA) is 82.9 Å². The van der Waals surface area contributed by atoms with E-state index >= 15 is 0 Å². The second kappa shape index (κ2) is 7.06. The number of hydrogen-bond acceptors (Lipinski definition) is 4. The fraction of sp³-hybridized carbons (Fsp3) is 0.0952. The highest BCUT2D eigenvalue weighted by Crippen LogP contribution is 2.38. The third-order valence-electron chi connectivity index (χ3n) is 4.88. The summed E-state index contributed by atoms with van der Waals surface area (Å²) in [7, 11) is 3.00. The second-order valence-electron chi connectivity index (χ2n) is 6.67. The van der Waals surface area contributed by atoms with Crippen LogP contribution in [0.1, 0.15) is 0 Å². The minimum Gasteiger partial charge on any atom is -0.396 e. The summed E-state index contributed by atoms with van der Waals surface area (Å²) in [5.41, 5.74) is 8.57. The Morgan fingerprint density at radius 3 is 1.90 bits per heavy atom. The Labute approximate surface area is 175 Å². The first-order valence-corrected chi connectivity index (χ1v) is 9.46. The van der Waals surface area contributed by atoms with Crippen LogP contribution in [-0.4, -0.2) is 14.1 Å². The van der Waals surface area contributed by atoms with Crippen LogP contribution < -0.4 is 17.0 Å². The molecule has 0 aliphatic carbocycles. The lowest BCUT2D eigenvalue weighted by atomic mass is 9.97. The summed E-state index contributed by atoms with van der Waals surface area (Å²) >= 11 is 12.0. The van der Waals surface area contributed by atoms with Gasteiger partial charge in [-0.15, -0.1) is 0 Å². The van der Waals surface area contributed by atoms with Gasteiger partial charge >= 0.3 is 5.69 Å². The monoisotopic (exact) mass is 426 g/mol. The average molecular weight is 427 g/mol. The van der Waals surface area contributed by atoms with Gasteiger partial charge < -0.3 is 5.73 Å². The molecule has 2 heterocycles. The largest absolute Gasteiger partial charge is 0.396 e. The van der Waals surface area contributed by atoms with Gasteiger partial charge in [0, 0.05) is 35.3 Å². The minimum atomic E-state index is -0.469. The van der Waals surface area contributed by atoms with E-state index < -0.39 is 11.2 Å². The molecular formula is C21H16Cl2N4O2. The van der Waals surface area contributed by atoms with E-state index in [1.807, 2.05) is 0 Å². The van der Waals surface area contributed by atoms with E-state index in [-0.39, 0.29) is 11.0 Å². The minimum absolute atomic E-state index is 0.252. The van der Waals surface area contributed by atoms with E-state index in [1.54, 1.807) is 55.6 Å². The third-order valence-corrected chi connectivity index (χ3v) is 5.38. The predicted octanol–water partition coefficient (Wildman–Crippen LogP) is 3.86. The van der Waals surface area contributed by atoms with Gasteiger partial charge in [-0.2, -0.15) is 0 Å². The molecule has 0 spiro atoms. The van der Waals surface area contributed by atoms with Crippen LogP contribution in [0.25, 0.3) is 33.4 Å². The molecule has 4 aromatic rings. The molecule has 8 heteroatoms. The van der Waals surface area contributed by atoms with Gasteiger partial charge in [-0.3, -0.25) is 13.9 Å². The Morgan fingerprint density at radius 2 is 1.34 bits per heavy atom. The van der Waals surface area contributed by atoms with E-state index in [2.05, 4.69) is 4.98 Å². The maximum Gasteiger partial charge on any atom is 0.332 e. The number of nitrogens with two attached hydrogens (primary N) is 1. The molecule has 0 radical (unpaired) electrons. The third kappa shape index (κ3) is 3.10. The van der Waals surface area contributed by atoms with Crippen LogP contribution in [0.4, 0.5) is 5.69 Å². The molecule has 146 valence electrons. The molecule has 2 aromatic carbocycles. The van der Waals surface area contributed by atoms with Crippen molar-refractivity contribution in [3.63, 3.8) is 0 Å². The molecule has 0 unspecified atom stereocenters. The van der Waals surface area contributed by atoms with Crippen molar-refractivity contribution in [3.8, 4) is 22.4 Å². The number of aryl methyl sites for hydroxylation is 1. The van der Waals surface area contributed by atoms with Crippen LogP contribution in [0.5, 0.6) is 0 Å². The summed E-state index contributed by atoms with van der Waals surface area (Å²) in [6.07, 6.45) is 0. The van der Waals surface area contributed by atoms with Gasteiger partial charge in [0.15, 0.2) is 5.65 Å². The first kappa shape index (κ1) is 19.2. The number of pyridine rings is 1. The zero-order valence-electron chi connectivity index (χ0n) is 15.6. The smallest absolute Gasteiger partial charge is 0.332 e. The quantitative estimate of drug-likeness (QED) is 0.527. The van der Waals surface area contributed by atoms with Crippen molar-refractivity contribution in [1.82, 2.24) is 14.1 Å². The van der Waals surface area contributed by atoms with Crippen LogP contribution >= 0.6 is 23.2 Å². The van der Waals surface area contributed by atoms with Gasteiger partial charge in [0.25, 0.3) is 5.56 Å². The molecule has 0 amide bonds. The number of benzene rings is 2. The maximum atomic E-state index is 13.0. The van der Waals surface area contributed by atoms with Crippen molar-refractivity contribution >= 4 is 39.9 Å². The summed E-state index contributed by atoms with van der Waals surface area (Å²) in [5.74, 6) is 0.